The quantitative estimate of drug-likeness (QED) is 0.714. The van der Waals surface area contributed by atoms with Gasteiger partial charge in [-0.1, -0.05) is 6.92 Å². The number of carbonyl (C=O) groups is 1. The Kier molecular flexibility index (Phi) is 1.45. The second-order valence-corrected chi connectivity index (χ2v) is 5.65. The number of carbonyl (C=O) groups excluding carboxylic acids is 1. The highest BCUT2D eigenvalue weighted by Crippen LogP contribution is 2.48. The normalized spacial score (nSPS) is 36.6. The van der Waals surface area contributed by atoms with E-state index in [4.69, 9.17) is 0 Å². The van der Waals surface area contributed by atoms with E-state index in [1.165, 1.54) is 12.8 Å². The topological polar surface area (TPSA) is 32.3 Å². The fourth-order valence-electron chi connectivity index (χ4n) is 2.46. The maximum Gasteiger partial charge on any atom is 0.244 e. The van der Waals surface area contributed by atoms with E-state index in [1.807, 2.05) is 0 Å². The van der Waals surface area contributed by atoms with Crippen LogP contribution in [0.4, 0.5) is 0 Å². The Morgan fingerprint density at radius 1 is 1.43 bits per heavy atom. The van der Waals surface area contributed by atoms with Gasteiger partial charge in [-0.25, -0.2) is 0 Å². The minimum Gasteiger partial charge on any atom is -0.325 e. The fraction of sp³-hybridized carbons (Fsp3) is 0.909. The first-order chi connectivity index (χ1) is 6.55. The molecule has 0 aromatic heterocycles. The van der Waals surface area contributed by atoms with E-state index in [2.05, 4.69) is 24.1 Å². The molecule has 14 heavy (non-hydrogen) atoms. The van der Waals surface area contributed by atoms with E-state index < -0.39 is 0 Å². The van der Waals surface area contributed by atoms with Gasteiger partial charge >= 0.3 is 0 Å². The van der Waals surface area contributed by atoms with Gasteiger partial charge in [0.2, 0.25) is 5.91 Å². The number of nitrogens with zero attached hydrogens (tertiary/aromatic N) is 1. The van der Waals surface area contributed by atoms with Crippen molar-refractivity contribution in [2.45, 2.75) is 51.2 Å². The lowest BCUT2D eigenvalue weighted by atomic mass is 10.1. The van der Waals surface area contributed by atoms with Gasteiger partial charge in [0.15, 0.2) is 0 Å². The van der Waals surface area contributed by atoms with E-state index >= 15 is 0 Å². The molecule has 3 fully saturated rings. The van der Waals surface area contributed by atoms with Crippen molar-refractivity contribution in [3.05, 3.63) is 0 Å². The first-order valence-electron chi connectivity index (χ1n) is 5.64. The van der Waals surface area contributed by atoms with Crippen molar-refractivity contribution in [1.29, 1.82) is 0 Å². The maximum atomic E-state index is 12.1. The second-order valence-electron chi connectivity index (χ2n) is 5.65. The molecular weight excluding hydrogens is 176 g/mol. The van der Waals surface area contributed by atoms with Gasteiger partial charge in [-0.2, -0.15) is 0 Å². The lowest BCUT2D eigenvalue weighted by molar-refractivity contribution is -0.131. The van der Waals surface area contributed by atoms with E-state index in [-0.39, 0.29) is 11.7 Å². The molecule has 0 aromatic rings. The highest BCUT2D eigenvalue weighted by Gasteiger charge is 2.59. The highest BCUT2D eigenvalue weighted by molar-refractivity contribution is 5.91. The van der Waals surface area contributed by atoms with Gasteiger partial charge in [-0.05, 0) is 38.0 Å². The van der Waals surface area contributed by atoms with Gasteiger partial charge in [0.1, 0.15) is 0 Å². The third kappa shape index (κ3) is 1.11. The molecule has 1 amide bonds. The van der Waals surface area contributed by atoms with E-state index in [0.29, 0.717) is 11.3 Å². The molecule has 3 heteroatoms. The zero-order valence-electron chi connectivity index (χ0n) is 8.97. The molecule has 1 heterocycles. The molecule has 1 aliphatic heterocycles. The Morgan fingerprint density at radius 3 is 2.50 bits per heavy atom. The molecule has 3 nitrogen and oxygen atoms in total. The first kappa shape index (κ1) is 8.72. The Morgan fingerprint density at radius 2 is 2.07 bits per heavy atom. The van der Waals surface area contributed by atoms with Crippen LogP contribution in [0.5, 0.6) is 0 Å². The van der Waals surface area contributed by atoms with Crippen molar-refractivity contribution in [3.63, 3.8) is 0 Å². The zero-order valence-corrected chi connectivity index (χ0v) is 8.97. The Labute approximate surface area is 84.8 Å². The van der Waals surface area contributed by atoms with E-state index in [1.54, 1.807) is 0 Å². The van der Waals surface area contributed by atoms with Crippen LogP contribution < -0.4 is 5.32 Å². The second kappa shape index (κ2) is 2.32. The summed E-state index contributed by atoms with van der Waals surface area (Å²) in [5, 5.41) is 3.43. The van der Waals surface area contributed by atoms with Crippen LogP contribution in [0, 0.1) is 5.41 Å². The van der Waals surface area contributed by atoms with Gasteiger partial charge in [0.05, 0.1) is 11.7 Å². The van der Waals surface area contributed by atoms with Crippen molar-refractivity contribution in [2.24, 2.45) is 5.41 Å². The van der Waals surface area contributed by atoms with Crippen molar-refractivity contribution in [1.82, 2.24) is 10.2 Å². The van der Waals surface area contributed by atoms with E-state index in [0.717, 1.165) is 19.4 Å². The third-order valence-corrected chi connectivity index (χ3v) is 4.03. The van der Waals surface area contributed by atoms with Crippen LogP contribution in [0.15, 0.2) is 0 Å². The number of hydrogen-bond acceptors (Lipinski definition) is 2. The molecule has 3 rings (SSSR count). The van der Waals surface area contributed by atoms with Crippen molar-refractivity contribution < 1.29 is 4.79 Å². The molecule has 1 spiro atoms. The maximum absolute atomic E-state index is 12.1. The molecule has 1 atom stereocenters. The Balaban J connectivity index is 1.75. The summed E-state index contributed by atoms with van der Waals surface area (Å²) in [6, 6.07) is 0. The van der Waals surface area contributed by atoms with Crippen molar-refractivity contribution in [3.8, 4) is 0 Å². The summed E-state index contributed by atoms with van der Waals surface area (Å²) in [6.07, 6.45) is 4.92. The van der Waals surface area contributed by atoms with Crippen LogP contribution in [0.1, 0.15) is 39.5 Å². The predicted molar refractivity (Wildman–Crippen MR) is 53.6 cm³/mol. The summed E-state index contributed by atoms with van der Waals surface area (Å²) >= 11 is 0. The van der Waals surface area contributed by atoms with E-state index in [9.17, 15) is 4.79 Å². The molecule has 1 unspecified atom stereocenters. The standard InChI is InChI=1S/C11H18N2O/c1-8-12-11(5-6-11)9(14)13(8)7-10(2)3-4-10/h8,12H,3-7H2,1-2H3. The summed E-state index contributed by atoms with van der Waals surface area (Å²) in [5.74, 6) is 0.359. The number of hydrogen-bond donors (Lipinski definition) is 1. The molecule has 78 valence electrons. The SMILES string of the molecule is CC1NC2(CC2)C(=O)N1CC1(C)CC1. The largest absolute Gasteiger partial charge is 0.325 e. The van der Waals surface area contributed by atoms with Gasteiger partial charge in [-0.15, -0.1) is 0 Å². The summed E-state index contributed by atoms with van der Waals surface area (Å²) < 4.78 is 0. The Hall–Kier alpha value is -0.570. The summed E-state index contributed by atoms with van der Waals surface area (Å²) in [4.78, 5) is 14.1. The Bertz CT molecular complexity index is 292. The summed E-state index contributed by atoms with van der Waals surface area (Å²) in [6.45, 7) is 5.35. The highest BCUT2D eigenvalue weighted by atomic mass is 16.2. The molecule has 0 radical (unpaired) electrons. The molecule has 0 aromatic carbocycles. The number of amides is 1. The van der Waals surface area contributed by atoms with Crippen LogP contribution in [0.3, 0.4) is 0 Å². The monoisotopic (exact) mass is 194 g/mol. The molecule has 3 aliphatic rings. The average molecular weight is 194 g/mol. The first-order valence-corrected chi connectivity index (χ1v) is 5.64. The molecular formula is C11H18N2O. The minimum atomic E-state index is -0.120. The number of nitrogens with one attached hydrogen (secondary N) is 1. The van der Waals surface area contributed by atoms with Crippen LogP contribution in [0.2, 0.25) is 0 Å². The van der Waals surface area contributed by atoms with Crippen LogP contribution in [-0.2, 0) is 4.79 Å². The fourth-order valence-corrected chi connectivity index (χ4v) is 2.46. The van der Waals surface area contributed by atoms with Crippen molar-refractivity contribution >= 4 is 5.91 Å². The molecule has 1 saturated heterocycles. The third-order valence-electron chi connectivity index (χ3n) is 4.03. The smallest absolute Gasteiger partial charge is 0.244 e. The number of rotatable bonds is 2. The van der Waals surface area contributed by atoms with Gasteiger partial charge in [0.25, 0.3) is 0 Å². The molecule has 2 saturated carbocycles. The predicted octanol–water partition coefficient (Wildman–Crippen LogP) is 1.10. The molecule has 0 bridgehead atoms. The van der Waals surface area contributed by atoms with Gasteiger partial charge in [0, 0.05) is 6.54 Å². The summed E-state index contributed by atoms with van der Waals surface area (Å²) in [7, 11) is 0. The summed E-state index contributed by atoms with van der Waals surface area (Å²) in [5.41, 5.74) is 0.316. The van der Waals surface area contributed by atoms with Crippen LogP contribution in [0.25, 0.3) is 0 Å². The van der Waals surface area contributed by atoms with Crippen molar-refractivity contribution in [2.75, 3.05) is 6.54 Å². The van der Waals surface area contributed by atoms with Gasteiger partial charge in [-0.3, -0.25) is 10.1 Å². The van der Waals surface area contributed by atoms with Crippen LogP contribution in [-0.4, -0.2) is 29.1 Å². The van der Waals surface area contributed by atoms with Crippen LogP contribution >= 0.6 is 0 Å². The lowest BCUT2D eigenvalue weighted by Crippen LogP contribution is -2.38. The molecule has 2 aliphatic carbocycles. The minimum absolute atomic E-state index is 0.120. The average Bonchev–Trinajstić information content (AvgIpc) is 2.99. The van der Waals surface area contributed by atoms with Gasteiger partial charge < -0.3 is 4.90 Å². The lowest BCUT2D eigenvalue weighted by Gasteiger charge is -2.24. The zero-order chi connectivity index (χ0) is 9.97. The molecule has 1 N–H and O–H groups in total.